The van der Waals surface area contributed by atoms with Gasteiger partial charge in [-0.1, -0.05) is 376 Å². The number of aliphatic hydroxyl groups is 5. The molecule has 11 heteroatoms. The first-order valence-electron chi connectivity index (χ1n) is 43.1. The topological polar surface area (TPSA) is 175 Å². The van der Waals surface area contributed by atoms with E-state index in [2.05, 4.69) is 67.8 Å². The number of carbonyl (C=O) groups excluding carboxylic acids is 2. The Morgan fingerprint density at radius 2 is 0.677 bits per heavy atom. The minimum absolute atomic E-state index is 0.00719. The Morgan fingerprint density at radius 3 is 1.04 bits per heavy atom. The maximum atomic E-state index is 13.1. The van der Waals surface area contributed by atoms with Gasteiger partial charge in [0.15, 0.2) is 6.29 Å². The summed E-state index contributed by atoms with van der Waals surface area (Å²) >= 11 is 0. The van der Waals surface area contributed by atoms with E-state index in [0.29, 0.717) is 19.4 Å². The first-order valence-corrected chi connectivity index (χ1v) is 43.1. The summed E-state index contributed by atoms with van der Waals surface area (Å²) in [4.78, 5) is 25.2. The monoisotopic (exact) mass is 1390 g/mol. The number of ether oxygens (including phenoxy) is 3. The van der Waals surface area contributed by atoms with Crippen molar-refractivity contribution in [2.24, 2.45) is 0 Å². The van der Waals surface area contributed by atoms with Gasteiger partial charge in [0, 0.05) is 12.8 Å². The van der Waals surface area contributed by atoms with E-state index in [1.165, 1.54) is 327 Å². The maximum absolute atomic E-state index is 13.1. The first-order chi connectivity index (χ1) is 48.7. The number of hydrogen-bond acceptors (Lipinski definition) is 10. The highest BCUT2D eigenvalue weighted by molar-refractivity contribution is 5.76. The maximum Gasteiger partial charge on any atom is 0.305 e. The second-order valence-corrected chi connectivity index (χ2v) is 29.9. The molecule has 7 atom stereocenters. The van der Waals surface area contributed by atoms with Crippen molar-refractivity contribution in [1.82, 2.24) is 5.32 Å². The van der Waals surface area contributed by atoms with Crippen molar-refractivity contribution in [3.05, 3.63) is 60.8 Å². The van der Waals surface area contributed by atoms with Crippen LogP contribution in [-0.2, 0) is 23.8 Å². The smallest absolute Gasteiger partial charge is 0.305 e. The highest BCUT2D eigenvalue weighted by Crippen LogP contribution is 2.24. The van der Waals surface area contributed by atoms with E-state index < -0.39 is 49.5 Å². The molecule has 0 aromatic heterocycles. The van der Waals surface area contributed by atoms with Crippen molar-refractivity contribution in [1.29, 1.82) is 0 Å². The van der Waals surface area contributed by atoms with Gasteiger partial charge in [0.1, 0.15) is 24.4 Å². The lowest BCUT2D eigenvalue weighted by molar-refractivity contribution is -0.302. The summed E-state index contributed by atoms with van der Waals surface area (Å²) in [6.07, 6.45) is 94.0. The number of carbonyl (C=O) groups is 2. The number of allylic oxidation sites excluding steroid dienone is 9. The fourth-order valence-electron chi connectivity index (χ4n) is 13.6. The van der Waals surface area contributed by atoms with E-state index >= 15 is 0 Å². The van der Waals surface area contributed by atoms with E-state index in [0.717, 1.165) is 70.6 Å². The van der Waals surface area contributed by atoms with Gasteiger partial charge >= 0.3 is 5.97 Å². The summed E-state index contributed by atoms with van der Waals surface area (Å²) in [5.74, 6) is -0.168. The summed E-state index contributed by atoms with van der Waals surface area (Å²) in [7, 11) is 0. The van der Waals surface area contributed by atoms with Crippen LogP contribution in [0.1, 0.15) is 425 Å². The molecule has 0 saturated carbocycles. The third-order valence-corrected chi connectivity index (χ3v) is 20.3. The van der Waals surface area contributed by atoms with Crippen LogP contribution >= 0.6 is 0 Å². The second kappa shape index (κ2) is 76.5. The molecule has 7 unspecified atom stereocenters. The highest BCUT2D eigenvalue weighted by atomic mass is 16.7. The summed E-state index contributed by atoms with van der Waals surface area (Å²) in [6.45, 7) is 4.37. The van der Waals surface area contributed by atoms with Gasteiger partial charge in [-0.2, -0.15) is 0 Å². The molecular weight excluding hydrogens is 1230 g/mol. The Hall–Kier alpha value is -2.64. The Kier molecular flexibility index (Phi) is 72.9. The molecule has 0 aromatic rings. The van der Waals surface area contributed by atoms with Crippen molar-refractivity contribution in [2.75, 3.05) is 19.8 Å². The molecule has 1 heterocycles. The number of esters is 1. The predicted octanol–water partition coefficient (Wildman–Crippen LogP) is 24.0. The Labute approximate surface area is 611 Å². The zero-order chi connectivity index (χ0) is 71.5. The Bertz CT molecular complexity index is 1830. The molecule has 1 amide bonds. The van der Waals surface area contributed by atoms with Crippen molar-refractivity contribution >= 4 is 11.9 Å². The average molecular weight is 1400 g/mol. The van der Waals surface area contributed by atoms with Crippen LogP contribution in [0.4, 0.5) is 0 Å². The highest BCUT2D eigenvalue weighted by Gasteiger charge is 2.44. The van der Waals surface area contributed by atoms with Gasteiger partial charge in [-0.25, -0.2) is 0 Å². The Balaban J connectivity index is 1.90. The number of amides is 1. The minimum atomic E-state index is -1.57. The molecule has 1 fully saturated rings. The molecule has 0 radical (unpaired) electrons. The standard InChI is InChI=1S/C88H163NO10/c1-3-5-7-9-11-13-15-17-19-43-48-52-56-60-64-68-72-76-84(93)97-77-73-69-65-61-57-53-49-45-42-40-38-36-34-32-30-28-26-24-22-20-21-23-25-27-29-31-33-35-37-39-41-44-47-51-55-59-63-67-71-75-83(92)89-80(79-98-88-87(96)86(95)85(94)82(78-90)99-88)81(91)74-70-66-62-58-54-50-46-18-16-14-12-10-8-6-4-2/h11,13,17,19-21,24,26,70,74,80-82,85-88,90-91,94-96H,3-10,12,14-16,18,22-23,25,27-69,71-73,75-79H2,1-2H3,(H,89,92)/b13-11-,19-17-,21-20-,26-24-,74-70+. The van der Waals surface area contributed by atoms with Gasteiger partial charge in [-0.15, -0.1) is 0 Å². The quantitative estimate of drug-likeness (QED) is 0.0195. The van der Waals surface area contributed by atoms with E-state index in [1.807, 2.05) is 6.08 Å². The van der Waals surface area contributed by atoms with Gasteiger partial charge in [-0.05, 0) is 96.3 Å². The molecule has 1 aliphatic rings. The van der Waals surface area contributed by atoms with Crippen LogP contribution in [0, 0.1) is 0 Å². The van der Waals surface area contributed by atoms with Gasteiger partial charge in [-0.3, -0.25) is 9.59 Å². The Morgan fingerprint density at radius 1 is 0.374 bits per heavy atom. The minimum Gasteiger partial charge on any atom is -0.466 e. The molecule has 1 rings (SSSR count). The third kappa shape index (κ3) is 64.7. The molecule has 0 aliphatic carbocycles. The molecule has 0 aromatic carbocycles. The van der Waals surface area contributed by atoms with Crippen LogP contribution < -0.4 is 5.32 Å². The largest absolute Gasteiger partial charge is 0.466 e. The predicted molar refractivity (Wildman–Crippen MR) is 421 cm³/mol. The number of aliphatic hydroxyl groups excluding tert-OH is 5. The number of unbranched alkanes of at least 4 members (excludes halogenated alkanes) is 55. The fraction of sp³-hybridized carbons (Fsp3) is 0.864. The summed E-state index contributed by atoms with van der Waals surface area (Å²) in [5, 5.41) is 54.7. The van der Waals surface area contributed by atoms with E-state index in [1.54, 1.807) is 6.08 Å². The van der Waals surface area contributed by atoms with Crippen LogP contribution in [0.3, 0.4) is 0 Å². The molecule has 1 aliphatic heterocycles. The van der Waals surface area contributed by atoms with Crippen molar-refractivity contribution < 1.29 is 49.3 Å². The summed E-state index contributed by atoms with van der Waals surface area (Å²) < 4.78 is 16.8. The normalized spacial score (nSPS) is 17.4. The second-order valence-electron chi connectivity index (χ2n) is 29.9. The van der Waals surface area contributed by atoms with Crippen LogP contribution in [0.15, 0.2) is 60.8 Å². The molecule has 0 spiro atoms. The molecule has 99 heavy (non-hydrogen) atoms. The van der Waals surface area contributed by atoms with Crippen molar-refractivity contribution in [3.63, 3.8) is 0 Å². The van der Waals surface area contributed by atoms with E-state index in [9.17, 15) is 35.1 Å². The van der Waals surface area contributed by atoms with Crippen LogP contribution in [-0.4, -0.2) is 100 Å². The van der Waals surface area contributed by atoms with Crippen LogP contribution in [0.5, 0.6) is 0 Å². The zero-order valence-corrected chi connectivity index (χ0v) is 65.0. The lowest BCUT2D eigenvalue weighted by atomic mass is 9.99. The molecule has 0 bridgehead atoms. The third-order valence-electron chi connectivity index (χ3n) is 20.3. The van der Waals surface area contributed by atoms with Crippen molar-refractivity contribution in [2.45, 2.75) is 468 Å². The SMILES string of the molecule is CCCCC/C=C\C/C=C\CCCCCCCCCC(=O)OCCCCCCCCCCCCCCCCC/C=C\C/C=C\CCCCCCCCCCCCCCCCCCCC(=O)NC(COC1OC(CO)C(O)C(O)C1O)C(O)/C=C/CCCCCCCCCCCCCCC. The average Bonchev–Trinajstić information content (AvgIpc) is 0.827. The van der Waals surface area contributed by atoms with Gasteiger partial charge in [0.25, 0.3) is 0 Å². The fourth-order valence-corrected chi connectivity index (χ4v) is 13.6. The first kappa shape index (κ1) is 94.4. The number of rotatable bonds is 77. The molecule has 11 nitrogen and oxygen atoms in total. The zero-order valence-electron chi connectivity index (χ0n) is 65.0. The lowest BCUT2D eigenvalue weighted by Gasteiger charge is -2.40. The van der Waals surface area contributed by atoms with Gasteiger partial charge in [0.05, 0.1) is 32.0 Å². The van der Waals surface area contributed by atoms with Gasteiger partial charge < -0.3 is 45.1 Å². The summed E-state index contributed by atoms with van der Waals surface area (Å²) in [6, 6.07) is -0.809. The lowest BCUT2D eigenvalue weighted by Crippen LogP contribution is -2.60. The van der Waals surface area contributed by atoms with Crippen LogP contribution in [0.25, 0.3) is 0 Å². The molecule has 1 saturated heterocycles. The van der Waals surface area contributed by atoms with Gasteiger partial charge in [0.2, 0.25) is 5.91 Å². The van der Waals surface area contributed by atoms with E-state index in [4.69, 9.17) is 14.2 Å². The summed E-state index contributed by atoms with van der Waals surface area (Å²) in [5.41, 5.74) is 0. The van der Waals surface area contributed by atoms with E-state index in [-0.39, 0.29) is 18.5 Å². The number of nitrogens with one attached hydrogen (secondary N) is 1. The molecule has 6 N–H and O–H groups in total. The molecule has 580 valence electrons. The van der Waals surface area contributed by atoms with Crippen molar-refractivity contribution in [3.8, 4) is 0 Å². The number of hydrogen-bond donors (Lipinski definition) is 6. The molecular formula is C88H163NO10. The van der Waals surface area contributed by atoms with Crippen LogP contribution in [0.2, 0.25) is 0 Å².